The maximum absolute atomic E-state index is 13.0. The van der Waals surface area contributed by atoms with Crippen molar-refractivity contribution in [2.75, 3.05) is 24.0 Å². The third kappa shape index (κ3) is 7.54. The Hall–Kier alpha value is -3.17. The van der Waals surface area contributed by atoms with Crippen LogP contribution in [-0.4, -0.2) is 94.1 Å². The SMILES string of the molecule is Cn1nc(OCOC(=O)C(C)(C)C)c(=O)nc1SCC1=C(C(=O)O)N2C(=O)[C@@H](NC(=O)C(=NO)c3csc(N)n3)[C@H]2SC1.[H-].[Na+]. The smallest absolute Gasteiger partial charge is 1.00 e. The Morgan fingerprint density at radius 1 is 1.30 bits per heavy atom. The van der Waals surface area contributed by atoms with Gasteiger partial charge in [-0.05, 0) is 26.3 Å². The number of carboxylic acids is 1. The molecule has 2 aromatic heterocycles. The Morgan fingerprint density at radius 3 is 2.59 bits per heavy atom. The molecule has 17 nitrogen and oxygen atoms in total. The van der Waals surface area contributed by atoms with Gasteiger partial charge >= 0.3 is 52.9 Å². The number of amides is 2. The summed E-state index contributed by atoms with van der Waals surface area (Å²) in [4.78, 5) is 71.1. The van der Waals surface area contributed by atoms with Crippen molar-refractivity contribution in [3.8, 4) is 5.88 Å². The van der Waals surface area contributed by atoms with Gasteiger partial charge in [-0.3, -0.25) is 24.1 Å². The average molecular weight is 679 g/mol. The van der Waals surface area contributed by atoms with Gasteiger partial charge in [-0.25, -0.2) is 14.5 Å². The summed E-state index contributed by atoms with van der Waals surface area (Å²) in [6.07, 6.45) is 0. The van der Waals surface area contributed by atoms with E-state index in [9.17, 15) is 34.3 Å². The maximum Gasteiger partial charge on any atom is 1.00 e. The molecule has 0 bridgehead atoms. The number of nitrogens with zero attached hydrogens (tertiary/aromatic N) is 6. The fourth-order valence-electron chi connectivity index (χ4n) is 3.77. The number of carbonyl (C=O) groups is 4. The van der Waals surface area contributed by atoms with Gasteiger partial charge in [0.2, 0.25) is 6.79 Å². The molecule has 0 saturated carbocycles. The second kappa shape index (κ2) is 14.3. The van der Waals surface area contributed by atoms with Crippen molar-refractivity contribution in [1.29, 1.82) is 0 Å². The number of carbonyl (C=O) groups excluding carboxylic acids is 3. The molecule has 2 aromatic rings. The van der Waals surface area contributed by atoms with E-state index in [1.807, 2.05) is 0 Å². The number of oxime groups is 1. The number of nitrogens with one attached hydrogen (secondary N) is 1. The average Bonchev–Trinajstić information content (AvgIpc) is 3.37. The minimum Gasteiger partial charge on any atom is -1.00 e. The van der Waals surface area contributed by atoms with Crippen LogP contribution in [0.3, 0.4) is 0 Å². The first kappa shape index (κ1) is 35.3. The van der Waals surface area contributed by atoms with Gasteiger partial charge in [-0.1, -0.05) is 16.9 Å². The Labute approximate surface area is 285 Å². The van der Waals surface area contributed by atoms with E-state index in [2.05, 4.69) is 25.5 Å². The van der Waals surface area contributed by atoms with Crippen molar-refractivity contribution in [3.63, 3.8) is 0 Å². The summed E-state index contributed by atoms with van der Waals surface area (Å²) >= 11 is 3.28. The molecule has 0 radical (unpaired) electrons. The number of aromatic nitrogens is 4. The first-order valence-corrected chi connectivity index (χ1v) is 15.2. The van der Waals surface area contributed by atoms with Crippen LogP contribution in [0.2, 0.25) is 0 Å². The number of thiazole rings is 1. The quantitative estimate of drug-likeness (QED) is 0.0285. The number of rotatable bonds is 10. The monoisotopic (exact) mass is 678 g/mol. The number of β-lactam (4-membered cyclic amide) rings is 1. The number of aryl methyl sites for hydroxylation is 1. The molecule has 2 aliphatic heterocycles. The van der Waals surface area contributed by atoms with E-state index in [4.69, 9.17) is 15.2 Å². The molecule has 4 heterocycles. The van der Waals surface area contributed by atoms with Gasteiger partial charge in [0.1, 0.15) is 22.8 Å². The van der Waals surface area contributed by atoms with E-state index >= 15 is 0 Å². The molecule has 21 heteroatoms. The third-order valence-corrected chi connectivity index (χ3v) is 9.01. The molecule has 2 aliphatic rings. The number of fused-ring (bicyclic) bond motifs is 1. The summed E-state index contributed by atoms with van der Waals surface area (Å²) in [5.74, 6) is -3.56. The number of ether oxygens (including phenoxy) is 2. The number of esters is 1. The van der Waals surface area contributed by atoms with Crippen molar-refractivity contribution in [2.24, 2.45) is 17.6 Å². The fourth-order valence-corrected chi connectivity index (χ4v) is 6.71. The molecule has 2 amide bonds. The van der Waals surface area contributed by atoms with Crippen LogP contribution < -0.4 is 50.9 Å². The predicted molar refractivity (Wildman–Crippen MR) is 155 cm³/mol. The van der Waals surface area contributed by atoms with Crippen molar-refractivity contribution in [3.05, 3.63) is 32.7 Å². The minimum atomic E-state index is -1.34. The van der Waals surface area contributed by atoms with Gasteiger partial charge in [0, 0.05) is 23.9 Å². The molecule has 0 unspecified atom stereocenters. The molecule has 2 atom stereocenters. The molecule has 5 N–H and O–H groups in total. The van der Waals surface area contributed by atoms with Crippen LogP contribution in [0.15, 0.2) is 31.8 Å². The summed E-state index contributed by atoms with van der Waals surface area (Å²) in [5, 5.41) is 29.7. The number of nitrogens with two attached hydrogens (primary N) is 1. The zero-order valence-electron chi connectivity index (χ0n) is 25.1. The van der Waals surface area contributed by atoms with Crippen LogP contribution in [0.4, 0.5) is 5.13 Å². The van der Waals surface area contributed by atoms with Crippen molar-refractivity contribution in [2.45, 2.75) is 37.3 Å². The molecule has 0 spiro atoms. The largest absolute Gasteiger partial charge is 1.00 e. The second-order valence-electron chi connectivity index (χ2n) is 10.00. The van der Waals surface area contributed by atoms with E-state index in [0.717, 1.165) is 28.0 Å². The van der Waals surface area contributed by atoms with Gasteiger partial charge in [0.15, 0.2) is 16.0 Å². The second-order valence-corrected chi connectivity index (χ2v) is 12.9. The van der Waals surface area contributed by atoms with Crippen molar-refractivity contribution >= 4 is 69.5 Å². The van der Waals surface area contributed by atoms with Crippen LogP contribution in [0, 0.1) is 5.41 Å². The minimum absolute atomic E-state index is 0. The Balaban J connectivity index is 0.00000353. The van der Waals surface area contributed by atoms with Gasteiger partial charge in [-0.2, -0.15) is 4.98 Å². The molecule has 0 aromatic carbocycles. The third-order valence-electron chi connectivity index (χ3n) is 5.89. The molecule has 232 valence electrons. The van der Waals surface area contributed by atoms with Crippen LogP contribution in [0.1, 0.15) is 27.9 Å². The van der Waals surface area contributed by atoms with E-state index < -0.39 is 58.6 Å². The zero-order valence-corrected chi connectivity index (χ0v) is 28.5. The van der Waals surface area contributed by atoms with Gasteiger partial charge in [0.05, 0.1) is 5.41 Å². The predicted octanol–water partition coefficient (Wildman–Crippen LogP) is -3.03. The maximum atomic E-state index is 13.0. The standard InChI is InChI=1S/C23H26N8O9S3.Na.H/c1-23(2,3)20(37)40-8-39-16-15(33)27-22(30(4)28-16)43-6-9-5-41-18-12(17(34)31(18)13(9)19(35)36)26-14(32)11(29-38)10-7-42-21(24)25-10;;/h7,12,18,38H,5-6,8H2,1-4H3,(H2,24,25)(H,26,32)(H,35,36);;/q;+1;-1/t12-,18-;;/m1../s1. The Bertz CT molecular complexity index is 1610. The molecule has 1 fully saturated rings. The normalized spacial score (nSPS) is 18.1. The zero-order chi connectivity index (χ0) is 31.6. The molecule has 0 aliphatic carbocycles. The Morgan fingerprint density at radius 2 is 2.00 bits per heavy atom. The van der Waals surface area contributed by atoms with Gasteiger partial charge in [-0.15, -0.1) is 28.2 Å². The molecular weight excluding hydrogens is 651 g/mol. The van der Waals surface area contributed by atoms with Crippen LogP contribution in [-0.2, 0) is 31.0 Å². The number of anilines is 1. The number of hydrogen-bond acceptors (Lipinski definition) is 16. The van der Waals surface area contributed by atoms with Crippen LogP contribution >= 0.6 is 34.9 Å². The molecule has 4 rings (SSSR count). The number of hydrogen-bond donors (Lipinski definition) is 4. The fraction of sp³-hybridized carbons (Fsp3) is 0.435. The number of carboxylic acid groups (broad SMARTS) is 1. The van der Waals surface area contributed by atoms with Crippen LogP contribution in [0.25, 0.3) is 0 Å². The Kier molecular flexibility index (Phi) is 11.5. The van der Waals surface area contributed by atoms with Crippen molar-refractivity contribution < 1.29 is 69.9 Å². The number of nitrogen functional groups attached to an aromatic ring is 1. The molecule has 44 heavy (non-hydrogen) atoms. The number of thioether (sulfide) groups is 2. The van der Waals surface area contributed by atoms with Crippen molar-refractivity contribution in [1.82, 2.24) is 30.0 Å². The van der Waals surface area contributed by atoms with Gasteiger partial charge in [0.25, 0.3) is 11.8 Å². The van der Waals surface area contributed by atoms with Gasteiger partial charge < -0.3 is 32.3 Å². The van der Waals surface area contributed by atoms with E-state index in [1.165, 1.54) is 28.9 Å². The summed E-state index contributed by atoms with van der Waals surface area (Å²) in [7, 11) is 1.50. The summed E-state index contributed by atoms with van der Waals surface area (Å²) in [6.45, 7) is 4.46. The first-order chi connectivity index (χ1) is 20.2. The van der Waals surface area contributed by atoms with E-state index in [1.54, 1.807) is 20.8 Å². The topological polar surface area (TPSA) is 242 Å². The first-order valence-electron chi connectivity index (χ1n) is 12.2. The summed E-state index contributed by atoms with van der Waals surface area (Å²) in [5.41, 5.74) is 3.71. The summed E-state index contributed by atoms with van der Waals surface area (Å²) in [6, 6.07) is -1.07. The van der Waals surface area contributed by atoms with Crippen LogP contribution in [0.5, 0.6) is 5.88 Å². The van der Waals surface area contributed by atoms with E-state index in [-0.39, 0.29) is 70.0 Å². The van der Waals surface area contributed by atoms with E-state index in [0.29, 0.717) is 5.57 Å². The summed E-state index contributed by atoms with van der Waals surface area (Å²) < 4.78 is 11.4. The number of aliphatic carboxylic acids is 1. The molecule has 1 saturated heterocycles. The molecular formula is C23H27N8NaO9S3.